The molecular weight excluding hydrogens is 278 g/mol. The van der Waals surface area contributed by atoms with E-state index in [0.29, 0.717) is 15.5 Å². The first kappa shape index (κ1) is 10.9. The van der Waals surface area contributed by atoms with Crippen LogP contribution in [0.3, 0.4) is 0 Å². The summed E-state index contributed by atoms with van der Waals surface area (Å²) < 4.78 is 0.424. The van der Waals surface area contributed by atoms with Crippen LogP contribution in [0.15, 0.2) is 16.6 Å². The Morgan fingerprint density at radius 1 is 1.56 bits per heavy atom. The smallest absolute Gasteiger partial charge is 0.337 e. The minimum Gasteiger partial charge on any atom is -0.479 e. The van der Waals surface area contributed by atoms with Gasteiger partial charge < -0.3 is 20.9 Å². The third-order valence-electron chi connectivity index (χ3n) is 2.17. The molecule has 6 nitrogen and oxygen atoms in total. The molecule has 7 heteroatoms. The van der Waals surface area contributed by atoms with E-state index in [4.69, 9.17) is 10.8 Å². The van der Waals surface area contributed by atoms with Gasteiger partial charge in [-0.05, 0) is 22.0 Å². The van der Waals surface area contributed by atoms with Crippen LogP contribution in [0.2, 0.25) is 0 Å². The van der Waals surface area contributed by atoms with Crippen LogP contribution in [-0.2, 0) is 4.79 Å². The maximum atomic E-state index is 10.7. The van der Waals surface area contributed by atoms with Crippen molar-refractivity contribution in [2.45, 2.75) is 6.10 Å². The number of hydrogen-bond donors (Lipinski definition) is 4. The summed E-state index contributed by atoms with van der Waals surface area (Å²) in [7, 11) is 0. The molecule has 0 spiro atoms. The van der Waals surface area contributed by atoms with E-state index in [0.717, 1.165) is 0 Å². The summed E-state index contributed by atoms with van der Waals surface area (Å²) in [5.74, 6) is -1.08. The third-order valence-corrected chi connectivity index (χ3v) is 3.00. The molecule has 1 unspecified atom stereocenters. The van der Waals surface area contributed by atoms with E-state index in [1.54, 1.807) is 6.07 Å². The van der Waals surface area contributed by atoms with Crippen molar-refractivity contribution in [2.75, 3.05) is 5.73 Å². The number of imidazole rings is 1. The topological polar surface area (TPSA) is 112 Å². The number of carboxylic acid groups (broad SMARTS) is 1. The van der Waals surface area contributed by atoms with E-state index < -0.39 is 12.1 Å². The molecule has 0 bridgehead atoms. The summed E-state index contributed by atoms with van der Waals surface area (Å²) >= 11 is 3.20. The molecule has 0 amide bonds. The van der Waals surface area contributed by atoms with Crippen molar-refractivity contribution in [2.24, 2.45) is 0 Å². The zero-order valence-corrected chi connectivity index (χ0v) is 9.52. The molecular formula is C9H8BrN3O3. The second-order valence-electron chi connectivity index (χ2n) is 3.23. The zero-order chi connectivity index (χ0) is 11.9. The fourth-order valence-corrected chi connectivity index (χ4v) is 2.07. The van der Waals surface area contributed by atoms with Gasteiger partial charge in [0.2, 0.25) is 0 Å². The van der Waals surface area contributed by atoms with Crippen molar-refractivity contribution >= 4 is 38.9 Å². The number of nitrogens with one attached hydrogen (secondary N) is 1. The fourth-order valence-electron chi connectivity index (χ4n) is 1.42. The summed E-state index contributed by atoms with van der Waals surface area (Å²) in [5, 5.41) is 18.2. The first-order valence-electron chi connectivity index (χ1n) is 4.35. The number of aliphatic hydroxyl groups excluding tert-OH is 1. The lowest BCUT2D eigenvalue weighted by atomic mass is 10.1. The molecule has 16 heavy (non-hydrogen) atoms. The van der Waals surface area contributed by atoms with E-state index in [1.165, 1.54) is 6.07 Å². The van der Waals surface area contributed by atoms with Gasteiger partial charge in [-0.25, -0.2) is 9.78 Å². The number of nitrogens with two attached hydrogens (primary N) is 1. The number of nitrogens with zero attached hydrogens (tertiary/aromatic N) is 1. The second kappa shape index (κ2) is 3.76. The third kappa shape index (κ3) is 1.63. The second-order valence-corrected chi connectivity index (χ2v) is 4.02. The van der Waals surface area contributed by atoms with Gasteiger partial charge in [0.1, 0.15) is 5.52 Å². The number of benzene rings is 1. The van der Waals surface area contributed by atoms with Gasteiger partial charge in [0.25, 0.3) is 0 Å². The van der Waals surface area contributed by atoms with E-state index in [1.807, 2.05) is 0 Å². The number of halogens is 1. The van der Waals surface area contributed by atoms with Crippen LogP contribution in [-0.4, -0.2) is 26.2 Å². The number of nitrogen functional groups attached to an aromatic ring is 1. The largest absolute Gasteiger partial charge is 0.479 e. The Morgan fingerprint density at radius 2 is 2.25 bits per heavy atom. The first-order valence-corrected chi connectivity index (χ1v) is 5.14. The number of hydrogen-bond acceptors (Lipinski definition) is 4. The molecule has 1 heterocycles. The van der Waals surface area contributed by atoms with Crippen LogP contribution >= 0.6 is 15.9 Å². The molecule has 0 aliphatic rings. The van der Waals surface area contributed by atoms with Gasteiger partial charge in [0.15, 0.2) is 12.1 Å². The van der Waals surface area contributed by atoms with E-state index in [9.17, 15) is 9.90 Å². The highest BCUT2D eigenvalue weighted by molar-refractivity contribution is 9.10. The van der Waals surface area contributed by atoms with E-state index in [-0.39, 0.29) is 11.5 Å². The average molecular weight is 286 g/mol. The van der Waals surface area contributed by atoms with Crippen molar-refractivity contribution in [1.82, 2.24) is 9.97 Å². The van der Waals surface area contributed by atoms with Crippen molar-refractivity contribution in [3.63, 3.8) is 0 Å². The fraction of sp³-hybridized carbons (Fsp3) is 0.111. The minimum atomic E-state index is -1.59. The number of fused-ring (bicyclic) bond motifs is 1. The Labute approximate surface area is 98.2 Å². The van der Waals surface area contributed by atoms with Gasteiger partial charge in [0.05, 0.1) is 9.99 Å². The molecule has 0 fully saturated rings. The van der Waals surface area contributed by atoms with Crippen LogP contribution in [0.25, 0.3) is 11.0 Å². The number of aliphatic carboxylic acids is 1. The van der Waals surface area contributed by atoms with Crippen LogP contribution in [0.1, 0.15) is 11.7 Å². The lowest BCUT2D eigenvalue weighted by Gasteiger charge is -2.08. The van der Waals surface area contributed by atoms with E-state index in [2.05, 4.69) is 25.9 Å². The molecule has 1 atom stereocenters. The normalized spacial score (nSPS) is 12.9. The SMILES string of the molecule is Nc1nc2c(Br)c(C(O)C(=O)O)ccc2[nH]1. The monoisotopic (exact) mass is 285 g/mol. The molecule has 5 N–H and O–H groups in total. The number of carboxylic acids is 1. The van der Waals surface area contributed by atoms with Crippen molar-refractivity contribution in [1.29, 1.82) is 0 Å². The van der Waals surface area contributed by atoms with Gasteiger partial charge in [-0.15, -0.1) is 0 Å². The number of aliphatic hydroxyl groups is 1. The Bertz CT molecular complexity index is 566. The summed E-state index contributed by atoms with van der Waals surface area (Å²) in [6.07, 6.45) is -1.59. The highest BCUT2D eigenvalue weighted by Crippen LogP contribution is 2.30. The number of rotatable bonds is 2. The van der Waals surface area contributed by atoms with Crippen LogP contribution in [0, 0.1) is 0 Å². The lowest BCUT2D eigenvalue weighted by Crippen LogP contribution is -2.11. The highest BCUT2D eigenvalue weighted by Gasteiger charge is 2.21. The molecule has 0 aliphatic heterocycles. The van der Waals surface area contributed by atoms with Crippen molar-refractivity contribution < 1.29 is 15.0 Å². The maximum absolute atomic E-state index is 10.7. The number of aromatic amines is 1. The Balaban J connectivity index is 2.64. The van der Waals surface area contributed by atoms with Gasteiger partial charge in [-0.2, -0.15) is 0 Å². The number of H-pyrrole nitrogens is 1. The molecule has 2 rings (SSSR count). The summed E-state index contributed by atoms with van der Waals surface area (Å²) in [6.45, 7) is 0. The molecule has 0 radical (unpaired) electrons. The Kier molecular flexibility index (Phi) is 2.56. The maximum Gasteiger partial charge on any atom is 0.337 e. The molecule has 84 valence electrons. The van der Waals surface area contributed by atoms with Gasteiger partial charge in [-0.3, -0.25) is 0 Å². The zero-order valence-electron chi connectivity index (χ0n) is 7.94. The van der Waals surface area contributed by atoms with Gasteiger partial charge in [0, 0.05) is 5.56 Å². The summed E-state index contributed by atoms with van der Waals surface area (Å²) in [6, 6.07) is 3.12. The van der Waals surface area contributed by atoms with Gasteiger partial charge in [-0.1, -0.05) is 6.07 Å². The summed E-state index contributed by atoms with van der Waals surface area (Å²) in [5.41, 5.74) is 6.89. The number of aromatic nitrogens is 2. The van der Waals surface area contributed by atoms with Crippen molar-refractivity contribution in [3.8, 4) is 0 Å². The predicted molar refractivity (Wildman–Crippen MR) is 60.8 cm³/mol. The predicted octanol–water partition coefficient (Wildman–Crippen LogP) is 1.03. The standard InChI is InChI=1S/C9H8BrN3O3/c10-5-3(7(14)8(15)16)1-2-4-6(5)13-9(11)12-4/h1-2,7,14H,(H,15,16)(H3,11,12,13). The van der Waals surface area contributed by atoms with Gasteiger partial charge >= 0.3 is 5.97 Å². The summed E-state index contributed by atoms with van der Waals surface area (Å²) in [4.78, 5) is 17.5. The lowest BCUT2D eigenvalue weighted by molar-refractivity contribution is -0.147. The molecule has 0 saturated heterocycles. The molecule has 1 aromatic carbocycles. The minimum absolute atomic E-state index is 0.234. The molecule has 2 aromatic rings. The average Bonchev–Trinajstić information content (AvgIpc) is 2.59. The van der Waals surface area contributed by atoms with Crippen molar-refractivity contribution in [3.05, 3.63) is 22.2 Å². The number of anilines is 1. The molecule has 1 aromatic heterocycles. The Morgan fingerprint density at radius 3 is 2.88 bits per heavy atom. The first-order chi connectivity index (χ1) is 7.50. The quantitative estimate of drug-likeness (QED) is 0.658. The molecule has 0 aliphatic carbocycles. The highest BCUT2D eigenvalue weighted by atomic mass is 79.9. The molecule has 0 saturated carbocycles. The van der Waals surface area contributed by atoms with Crippen LogP contribution < -0.4 is 5.73 Å². The van der Waals surface area contributed by atoms with Crippen LogP contribution in [0.4, 0.5) is 5.95 Å². The van der Waals surface area contributed by atoms with E-state index >= 15 is 0 Å². The van der Waals surface area contributed by atoms with Crippen LogP contribution in [0.5, 0.6) is 0 Å². The Hall–Kier alpha value is -1.60. The number of carbonyl (C=O) groups is 1.